The van der Waals surface area contributed by atoms with Gasteiger partial charge in [0.1, 0.15) is 0 Å². The molecule has 0 saturated heterocycles. The number of hydrogen-bond donors (Lipinski definition) is 0. The van der Waals surface area contributed by atoms with Crippen LogP contribution in [-0.4, -0.2) is 4.98 Å². The standard InChI is InChI=1S/C15H23N/c1-12(2)7-5-6-8-15-10-9-14(11-16-15)13(3)4/h6,8-13H,5,7H2,1-4H3/b8-6+. The summed E-state index contributed by atoms with van der Waals surface area (Å²) in [6.07, 6.45) is 8.71. The molecule has 0 aliphatic heterocycles. The summed E-state index contributed by atoms with van der Waals surface area (Å²) in [6, 6.07) is 4.26. The highest BCUT2D eigenvalue weighted by Gasteiger charge is 1.98. The fourth-order valence-corrected chi connectivity index (χ4v) is 1.49. The van der Waals surface area contributed by atoms with Crippen LogP contribution in [0.25, 0.3) is 6.08 Å². The van der Waals surface area contributed by atoms with Crippen LogP contribution in [0.3, 0.4) is 0 Å². The molecule has 88 valence electrons. The molecule has 0 saturated carbocycles. The summed E-state index contributed by atoms with van der Waals surface area (Å²) < 4.78 is 0. The predicted molar refractivity (Wildman–Crippen MR) is 71.4 cm³/mol. The van der Waals surface area contributed by atoms with Crippen molar-refractivity contribution in [3.05, 3.63) is 35.7 Å². The minimum Gasteiger partial charge on any atom is -0.257 e. The first-order valence-corrected chi connectivity index (χ1v) is 6.22. The molecule has 0 bridgehead atoms. The molecule has 0 fully saturated rings. The average molecular weight is 217 g/mol. The predicted octanol–water partition coefficient (Wildman–Crippen LogP) is 4.65. The molecule has 1 nitrogen and oxygen atoms in total. The minimum atomic E-state index is 0.562. The molecule has 1 rings (SSSR count). The third-order valence-corrected chi connectivity index (χ3v) is 2.68. The van der Waals surface area contributed by atoms with E-state index in [1.807, 2.05) is 6.20 Å². The van der Waals surface area contributed by atoms with Crippen molar-refractivity contribution in [3.8, 4) is 0 Å². The molecule has 0 aliphatic rings. The SMILES string of the molecule is CC(C)CC/C=C/c1ccc(C(C)C)cn1. The summed E-state index contributed by atoms with van der Waals surface area (Å²) in [5.41, 5.74) is 2.37. The number of rotatable bonds is 5. The van der Waals surface area contributed by atoms with Gasteiger partial charge >= 0.3 is 0 Å². The van der Waals surface area contributed by atoms with E-state index < -0.39 is 0 Å². The van der Waals surface area contributed by atoms with Crippen molar-refractivity contribution in [2.24, 2.45) is 5.92 Å². The molecule has 0 aliphatic carbocycles. The van der Waals surface area contributed by atoms with Crippen LogP contribution in [0.4, 0.5) is 0 Å². The van der Waals surface area contributed by atoms with Crippen LogP contribution in [0, 0.1) is 5.92 Å². The number of nitrogens with zero attached hydrogens (tertiary/aromatic N) is 1. The van der Waals surface area contributed by atoms with Crippen molar-refractivity contribution in [2.45, 2.75) is 46.5 Å². The van der Waals surface area contributed by atoms with E-state index in [1.54, 1.807) is 0 Å². The molecule has 0 atom stereocenters. The molecule has 1 aromatic heterocycles. The Morgan fingerprint density at radius 1 is 1.19 bits per heavy atom. The van der Waals surface area contributed by atoms with Crippen molar-refractivity contribution in [1.82, 2.24) is 4.98 Å². The van der Waals surface area contributed by atoms with Gasteiger partial charge in [0.05, 0.1) is 5.69 Å². The summed E-state index contributed by atoms with van der Waals surface area (Å²) in [5.74, 6) is 1.34. The Kier molecular flexibility index (Phi) is 5.24. The number of aromatic nitrogens is 1. The van der Waals surface area contributed by atoms with E-state index in [0.717, 1.165) is 18.0 Å². The first kappa shape index (κ1) is 13.0. The van der Waals surface area contributed by atoms with Crippen molar-refractivity contribution in [1.29, 1.82) is 0 Å². The summed E-state index contributed by atoms with van der Waals surface area (Å²) in [4.78, 5) is 4.43. The van der Waals surface area contributed by atoms with E-state index in [-0.39, 0.29) is 0 Å². The molecule has 1 aromatic rings. The molecule has 1 heterocycles. The van der Waals surface area contributed by atoms with Crippen LogP contribution < -0.4 is 0 Å². The lowest BCUT2D eigenvalue weighted by Gasteiger charge is -2.04. The molecule has 0 radical (unpaired) electrons. The van der Waals surface area contributed by atoms with Crippen LogP contribution in [0.15, 0.2) is 24.4 Å². The largest absolute Gasteiger partial charge is 0.257 e. The van der Waals surface area contributed by atoms with Crippen molar-refractivity contribution >= 4 is 6.08 Å². The van der Waals surface area contributed by atoms with Gasteiger partial charge in [-0.05, 0) is 42.4 Å². The summed E-state index contributed by atoms with van der Waals surface area (Å²) >= 11 is 0. The molecule has 1 heteroatoms. The maximum Gasteiger partial charge on any atom is 0.0626 e. The lowest BCUT2D eigenvalue weighted by atomic mass is 10.1. The van der Waals surface area contributed by atoms with Gasteiger partial charge in [0, 0.05) is 6.20 Å². The Bertz CT molecular complexity index is 320. The van der Waals surface area contributed by atoms with Gasteiger partial charge in [0.2, 0.25) is 0 Å². The van der Waals surface area contributed by atoms with Crippen LogP contribution in [0.2, 0.25) is 0 Å². The zero-order chi connectivity index (χ0) is 12.0. The van der Waals surface area contributed by atoms with E-state index in [0.29, 0.717) is 5.92 Å². The Morgan fingerprint density at radius 3 is 2.44 bits per heavy atom. The highest BCUT2D eigenvalue weighted by Crippen LogP contribution is 2.13. The van der Waals surface area contributed by atoms with Crippen molar-refractivity contribution in [3.63, 3.8) is 0 Å². The van der Waals surface area contributed by atoms with Gasteiger partial charge in [-0.1, -0.05) is 39.8 Å². The third-order valence-electron chi connectivity index (χ3n) is 2.68. The van der Waals surface area contributed by atoms with Gasteiger partial charge in [-0.15, -0.1) is 0 Å². The lowest BCUT2D eigenvalue weighted by molar-refractivity contribution is 0.595. The maximum atomic E-state index is 4.43. The van der Waals surface area contributed by atoms with E-state index in [4.69, 9.17) is 0 Å². The van der Waals surface area contributed by atoms with Gasteiger partial charge in [-0.25, -0.2) is 0 Å². The van der Waals surface area contributed by atoms with Crippen molar-refractivity contribution in [2.75, 3.05) is 0 Å². The first-order valence-electron chi connectivity index (χ1n) is 6.22. The summed E-state index contributed by atoms with van der Waals surface area (Å²) in [5, 5.41) is 0. The van der Waals surface area contributed by atoms with Crippen molar-refractivity contribution < 1.29 is 0 Å². The van der Waals surface area contributed by atoms with Crippen LogP contribution in [0.1, 0.15) is 57.7 Å². The number of pyridine rings is 1. The van der Waals surface area contributed by atoms with Gasteiger partial charge in [0.15, 0.2) is 0 Å². The highest BCUT2D eigenvalue weighted by atomic mass is 14.7. The van der Waals surface area contributed by atoms with E-state index in [1.165, 1.54) is 12.0 Å². The number of allylic oxidation sites excluding steroid dienone is 1. The Labute approximate surface area is 99.6 Å². The summed E-state index contributed by atoms with van der Waals surface area (Å²) in [7, 11) is 0. The highest BCUT2D eigenvalue weighted by molar-refractivity contribution is 5.44. The molecule has 16 heavy (non-hydrogen) atoms. The van der Waals surface area contributed by atoms with E-state index in [2.05, 4.69) is 57.0 Å². The molecule has 0 spiro atoms. The first-order chi connectivity index (χ1) is 7.59. The lowest BCUT2D eigenvalue weighted by Crippen LogP contribution is -1.89. The average Bonchev–Trinajstić information content (AvgIpc) is 2.25. The van der Waals surface area contributed by atoms with Crippen LogP contribution in [-0.2, 0) is 0 Å². The van der Waals surface area contributed by atoms with Gasteiger partial charge < -0.3 is 0 Å². The van der Waals surface area contributed by atoms with Gasteiger partial charge in [0.25, 0.3) is 0 Å². The molecule has 0 aromatic carbocycles. The monoisotopic (exact) mass is 217 g/mol. The Balaban J connectivity index is 2.48. The topological polar surface area (TPSA) is 12.9 Å². The molecular weight excluding hydrogens is 194 g/mol. The molecule has 0 amide bonds. The second kappa shape index (κ2) is 6.47. The van der Waals surface area contributed by atoms with Gasteiger partial charge in [-0.3, -0.25) is 4.98 Å². The minimum absolute atomic E-state index is 0.562. The van der Waals surface area contributed by atoms with Gasteiger partial charge in [-0.2, -0.15) is 0 Å². The second-order valence-corrected chi connectivity index (χ2v) is 5.04. The Morgan fingerprint density at radius 2 is 1.94 bits per heavy atom. The maximum absolute atomic E-state index is 4.43. The van der Waals surface area contributed by atoms with Crippen LogP contribution >= 0.6 is 0 Å². The normalized spacial score (nSPS) is 11.9. The summed E-state index contributed by atoms with van der Waals surface area (Å²) in [6.45, 7) is 8.89. The molecule has 0 unspecified atom stereocenters. The Hall–Kier alpha value is -1.11. The second-order valence-electron chi connectivity index (χ2n) is 5.04. The third kappa shape index (κ3) is 4.61. The molecular formula is C15H23N. The fraction of sp³-hybridized carbons (Fsp3) is 0.533. The van der Waals surface area contributed by atoms with E-state index in [9.17, 15) is 0 Å². The smallest absolute Gasteiger partial charge is 0.0626 e. The number of hydrogen-bond acceptors (Lipinski definition) is 1. The fourth-order valence-electron chi connectivity index (χ4n) is 1.49. The zero-order valence-corrected chi connectivity index (χ0v) is 10.9. The molecule has 0 N–H and O–H groups in total. The van der Waals surface area contributed by atoms with Crippen LogP contribution in [0.5, 0.6) is 0 Å². The van der Waals surface area contributed by atoms with E-state index >= 15 is 0 Å². The zero-order valence-electron chi connectivity index (χ0n) is 10.9. The quantitative estimate of drug-likeness (QED) is 0.699.